The van der Waals surface area contributed by atoms with E-state index in [-0.39, 0.29) is 0 Å². The molecule has 0 radical (unpaired) electrons. The van der Waals surface area contributed by atoms with Crippen molar-refractivity contribution in [1.29, 1.82) is 0 Å². The first kappa shape index (κ1) is 11.8. The number of fused-ring (bicyclic) bond motifs is 1. The summed E-state index contributed by atoms with van der Waals surface area (Å²) >= 11 is 0. The third-order valence-corrected chi connectivity index (χ3v) is 2.99. The third-order valence-electron chi connectivity index (χ3n) is 2.99. The number of hydrogen-bond donors (Lipinski definition) is 1. The van der Waals surface area contributed by atoms with Crippen molar-refractivity contribution in [2.45, 2.75) is 6.18 Å². The Morgan fingerprint density at radius 2 is 1.58 bits per heavy atom. The monoisotopic (exact) mass is 262 g/mol. The quantitative estimate of drug-likeness (QED) is 0.697. The molecule has 0 unspecified atom stereocenters. The molecule has 0 saturated heterocycles. The highest BCUT2D eigenvalue weighted by atomic mass is 19.4. The van der Waals surface area contributed by atoms with Gasteiger partial charge in [-0.15, -0.1) is 0 Å². The van der Waals surface area contributed by atoms with Crippen LogP contribution in [0.2, 0.25) is 0 Å². The Morgan fingerprint density at radius 1 is 0.895 bits per heavy atom. The topological polar surface area (TPSA) is 28.7 Å². The van der Waals surface area contributed by atoms with Gasteiger partial charge in [-0.05, 0) is 35.4 Å². The third kappa shape index (κ3) is 2.19. The standard InChI is InChI=1S/C14H9F3N2/c15-14(16,17)12-4-1-9(2-5-12)10-3-6-13-11(7-10)8-18-19-13/h1-8H,(H,18,19). The number of alkyl halides is 3. The highest BCUT2D eigenvalue weighted by molar-refractivity contribution is 5.83. The minimum Gasteiger partial charge on any atom is -0.278 e. The van der Waals surface area contributed by atoms with E-state index in [0.717, 1.165) is 34.2 Å². The Balaban J connectivity index is 2.01. The van der Waals surface area contributed by atoms with Gasteiger partial charge in [0, 0.05) is 5.39 Å². The van der Waals surface area contributed by atoms with E-state index >= 15 is 0 Å². The lowest BCUT2D eigenvalue weighted by molar-refractivity contribution is -0.137. The zero-order valence-corrected chi connectivity index (χ0v) is 9.70. The molecule has 5 heteroatoms. The van der Waals surface area contributed by atoms with Gasteiger partial charge < -0.3 is 0 Å². The maximum atomic E-state index is 12.5. The maximum absolute atomic E-state index is 12.5. The molecule has 1 N–H and O–H groups in total. The molecule has 0 bridgehead atoms. The molecular formula is C14H9F3N2. The van der Waals surface area contributed by atoms with Gasteiger partial charge in [0.25, 0.3) is 0 Å². The van der Waals surface area contributed by atoms with Gasteiger partial charge in [-0.1, -0.05) is 18.2 Å². The number of hydrogen-bond acceptors (Lipinski definition) is 1. The van der Waals surface area contributed by atoms with Gasteiger partial charge in [0.2, 0.25) is 0 Å². The van der Waals surface area contributed by atoms with Crippen LogP contribution in [0.4, 0.5) is 13.2 Å². The normalized spacial score (nSPS) is 11.9. The summed E-state index contributed by atoms with van der Waals surface area (Å²) in [5.41, 5.74) is 1.87. The fourth-order valence-electron chi connectivity index (χ4n) is 1.97. The largest absolute Gasteiger partial charge is 0.416 e. The van der Waals surface area contributed by atoms with E-state index in [0.29, 0.717) is 0 Å². The van der Waals surface area contributed by atoms with Crippen LogP contribution in [-0.2, 0) is 6.18 Å². The predicted molar refractivity (Wildman–Crippen MR) is 66.5 cm³/mol. The minimum absolute atomic E-state index is 0.638. The van der Waals surface area contributed by atoms with Crippen molar-refractivity contribution in [3.63, 3.8) is 0 Å². The first-order valence-electron chi connectivity index (χ1n) is 5.65. The van der Waals surface area contributed by atoms with Gasteiger partial charge in [0.1, 0.15) is 0 Å². The van der Waals surface area contributed by atoms with E-state index in [2.05, 4.69) is 10.2 Å². The number of H-pyrrole nitrogens is 1. The maximum Gasteiger partial charge on any atom is 0.416 e. The lowest BCUT2D eigenvalue weighted by Crippen LogP contribution is -2.03. The van der Waals surface area contributed by atoms with Crippen LogP contribution in [0, 0.1) is 0 Å². The van der Waals surface area contributed by atoms with E-state index in [9.17, 15) is 13.2 Å². The number of nitrogens with one attached hydrogen (secondary N) is 1. The van der Waals surface area contributed by atoms with Crippen LogP contribution < -0.4 is 0 Å². The molecular weight excluding hydrogens is 253 g/mol. The second-order valence-corrected chi connectivity index (χ2v) is 4.25. The van der Waals surface area contributed by atoms with E-state index in [1.54, 1.807) is 6.20 Å². The Kier molecular flexibility index (Phi) is 2.55. The van der Waals surface area contributed by atoms with Crippen LogP contribution in [0.5, 0.6) is 0 Å². The predicted octanol–water partition coefficient (Wildman–Crippen LogP) is 4.25. The SMILES string of the molecule is FC(F)(F)c1ccc(-c2ccc3[nH]ncc3c2)cc1. The molecule has 0 spiro atoms. The molecule has 0 fully saturated rings. The summed E-state index contributed by atoms with van der Waals surface area (Å²) in [5, 5.41) is 7.67. The van der Waals surface area contributed by atoms with Crippen LogP contribution >= 0.6 is 0 Å². The molecule has 2 nitrogen and oxygen atoms in total. The summed E-state index contributed by atoms with van der Waals surface area (Å²) in [4.78, 5) is 0. The average Bonchev–Trinajstić information content (AvgIpc) is 2.85. The smallest absolute Gasteiger partial charge is 0.278 e. The van der Waals surface area contributed by atoms with Gasteiger partial charge in [-0.2, -0.15) is 18.3 Å². The molecule has 0 atom stereocenters. The second-order valence-electron chi connectivity index (χ2n) is 4.25. The number of halogens is 3. The van der Waals surface area contributed by atoms with Gasteiger partial charge >= 0.3 is 6.18 Å². The molecule has 96 valence electrons. The molecule has 0 saturated carbocycles. The number of aromatic nitrogens is 2. The van der Waals surface area contributed by atoms with E-state index in [1.807, 2.05) is 18.2 Å². The molecule has 3 rings (SSSR count). The molecule has 0 aliphatic carbocycles. The van der Waals surface area contributed by atoms with Crippen molar-refractivity contribution in [1.82, 2.24) is 10.2 Å². The van der Waals surface area contributed by atoms with Crippen LogP contribution in [-0.4, -0.2) is 10.2 Å². The summed E-state index contributed by atoms with van der Waals surface area (Å²) in [5.74, 6) is 0. The van der Waals surface area contributed by atoms with Crippen LogP contribution in [0.25, 0.3) is 22.0 Å². The lowest BCUT2D eigenvalue weighted by Gasteiger charge is -2.07. The molecule has 0 aliphatic heterocycles. The Labute approximate surface area is 106 Å². The molecule has 2 aromatic carbocycles. The highest BCUT2D eigenvalue weighted by Gasteiger charge is 2.29. The van der Waals surface area contributed by atoms with Crippen molar-refractivity contribution < 1.29 is 13.2 Å². The van der Waals surface area contributed by atoms with Crippen molar-refractivity contribution in [2.24, 2.45) is 0 Å². The number of rotatable bonds is 1. The van der Waals surface area contributed by atoms with E-state index < -0.39 is 11.7 Å². The summed E-state index contributed by atoms with van der Waals surface area (Å²) in [7, 11) is 0. The molecule has 1 aromatic heterocycles. The zero-order valence-electron chi connectivity index (χ0n) is 9.70. The highest BCUT2D eigenvalue weighted by Crippen LogP contribution is 2.31. The lowest BCUT2D eigenvalue weighted by atomic mass is 10.0. The molecule has 1 heterocycles. The fraction of sp³-hybridized carbons (Fsp3) is 0.0714. The van der Waals surface area contributed by atoms with Crippen molar-refractivity contribution in [3.8, 4) is 11.1 Å². The Bertz CT molecular complexity index is 711. The van der Waals surface area contributed by atoms with Crippen LogP contribution in [0.15, 0.2) is 48.7 Å². The first-order valence-corrected chi connectivity index (χ1v) is 5.65. The summed E-state index contributed by atoms with van der Waals surface area (Å²) < 4.78 is 37.4. The van der Waals surface area contributed by atoms with Crippen LogP contribution in [0.1, 0.15) is 5.56 Å². The van der Waals surface area contributed by atoms with E-state index in [4.69, 9.17) is 0 Å². The molecule has 3 aromatic rings. The zero-order chi connectivity index (χ0) is 13.5. The second kappa shape index (κ2) is 4.12. The number of nitrogens with zero attached hydrogens (tertiary/aromatic N) is 1. The Hall–Kier alpha value is -2.30. The summed E-state index contributed by atoms with van der Waals surface area (Å²) in [6.07, 6.45) is -2.62. The molecule has 0 aliphatic rings. The van der Waals surface area contributed by atoms with Gasteiger partial charge in [-0.3, -0.25) is 5.10 Å². The average molecular weight is 262 g/mol. The van der Waals surface area contributed by atoms with Gasteiger partial charge in [-0.25, -0.2) is 0 Å². The summed E-state index contributed by atoms with van der Waals surface area (Å²) in [6.45, 7) is 0. The van der Waals surface area contributed by atoms with Crippen LogP contribution in [0.3, 0.4) is 0 Å². The first-order chi connectivity index (χ1) is 9.04. The molecule has 19 heavy (non-hydrogen) atoms. The van der Waals surface area contributed by atoms with E-state index in [1.165, 1.54) is 12.1 Å². The fourth-order valence-corrected chi connectivity index (χ4v) is 1.97. The Morgan fingerprint density at radius 3 is 2.26 bits per heavy atom. The van der Waals surface area contributed by atoms with Crippen molar-refractivity contribution in [3.05, 3.63) is 54.2 Å². The summed E-state index contributed by atoms with van der Waals surface area (Å²) in [6, 6.07) is 10.7. The van der Waals surface area contributed by atoms with Crippen molar-refractivity contribution in [2.75, 3.05) is 0 Å². The number of benzene rings is 2. The van der Waals surface area contributed by atoms with Gasteiger partial charge in [0.05, 0.1) is 17.3 Å². The van der Waals surface area contributed by atoms with Crippen molar-refractivity contribution >= 4 is 10.9 Å². The van der Waals surface area contributed by atoms with Gasteiger partial charge in [0.15, 0.2) is 0 Å². The minimum atomic E-state index is -4.30. The number of aromatic amines is 1. The molecule has 0 amide bonds.